The van der Waals surface area contributed by atoms with Gasteiger partial charge in [-0.2, -0.15) is 11.8 Å². The molecule has 0 aliphatic carbocycles. The van der Waals surface area contributed by atoms with E-state index in [-0.39, 0.29) is 0 Å². The molecule has 0 amide bonds. The highest BCUT2D eigenvalue weighted by molar-refractivity contribution is 7.99. The van der Waals surface area contributed by atoms with E-state index < -0.39 is 0 Å². The third-order valence-corrected chi connectivity index (χ3v) is 3.92. The Labute approximate surface area is 86.3 Å². The van der Waals surface area contributed by atoms with Crippen LogP contribution < -0.4 is 0 Å². The number of hydrogen-bond donors (Lipinski definition) is 1. The molecule has 1 aliphatic heterocycles. The Morgan fingerprint density at radius 1 is 1.50 bits per heavy atom. The van der Waals surface area contributed by atoms with Crippen LogP contribution in [0, 0.1) is 0 Å². The van der Waals surface area contributed by atoms with Gasteiger partial charge in [-0.3, -0.25) is 4.98 Å². The fourth-order valence-corrected chi connectivity index (χ4v) is 3.04. The maximum Gasteiger partial charge on any atom is 0.120 e. The van der Waals surface area contributed by atoms with Gasteiger partial charge in [0, 0.05) is 6.20 Å². The molecule has 1 fully saturated rings. The summed E-state index contributed by atoms with van der Waals surface area (Å²) < 4.78 is 0. The molecule has 72 valence electrons. The summed E-state index contributed by atoms with van der Waals surface area (Å²) in [6, 6.07) is 1.95. The lowest BCUT2D eigenvalue weighted by atomic mass is 10.2. The largest absolute Gasteiger partial charge is 0.340 e. The van der Waals surface area contributed by atoms with Crippen molar-refractivity contribution in [2.75, 3.05) is 5.75 Å². The number of aromatic nitrogens is 3. The van der Waals surface area contributed by atoms with Crippen LogP contribution in [0.25, 0.3) is 11.0 Å². The molecular formula is C10H11N3S. The number of rotatable bonds is 1. The molecule has 0 spiro atoms. The monoisotopic (exact) mass is 205 g/mol. The van der Waals surface area contributed by atoms with Crippen LogP contribution in [0.4, 0.5) is 0 Å². The van der Waals surface area contributed by atoms with E-state index in [1.54, 1.807) is 6.20 Å². The van der Waals surface area contributed by atoms with E-state index in [0.29, 0.717) is 5.25 Å². The molecule has 0 bridgehead atoms. The molecule has 3 rings (SSSR count). The molecule has 2 aromatic heterocycles. The highest BCUT2D eigenvalue weighted by atomic mass is 32.2. The molecule has 1 saturated heterocycles. The Morgan fingerprint density at radius 2 is 2.50 bits per heavy atom. The molecule has 1 unspecified atom stereocenters. The molecule has 1 atom stereocenters. The third kappa shape index (κ3) is 1.30. The van der Waals surface area contributed by atoms with Gasteiger partial charge in [-0.05, 0) is 24.7 Å². The summed E-state index contributed by atoms with van der Waals surface area (Å²) in [6.07, 6.45) is 6.18. The topological polar surface area (TPSA) is 41.6 Å². The minimum absolute atomic E-state index is 0.572. The van der Waals surface area contributed by atoms with Gasteiger partial charge in [-0.1, -0.05) is 0 Å². The van der Waals surface area contributed by atoms with E-state index in [4.69, 9.17) is 0 Å². The van der Waals surface area contributed by atoms with Crippen molar-refractivity contribution in [3.8, 4) is 0 Å². The van der Waals surface area contributed by atoms with Crippen LogP contribution in [0.2, 0.25) is 0 Å². The van der Waals surface area contributed by atoms with Crippen molar-refractivity contribution in [3.05, 3.63) is 24.3 Å². The molecule has 1 N–H and O–H groups in total. The molecule has 3 nitrogen and oxygen atoms in total. The van der Waals surface area contributed by atoms with E-state index in [9.17, 15) is 0 Å². The van der Waals surface area contributed by atoms with E-state index >= 15 is 0 Å². The normalized spacial score (nSPS) is 21.9. The van der Waals surface area contributed by atoms with E-state index in [1.807, 2.05) is 24.0 Å². The molecule has 3 heterocycles. The number of pyridine rings is 1. The van der Waals surface area contributed by atoms with Crippen molar-refractivity contribution in [3.63, 3.8) is 0 Å². The van der Waals surface area contributed by atoms with Gasteiger partial charge in [0.25, 0.3) is 0 Å². The summed E-state index contributed by atoms with van der Waals surface area (Å²) in [5.41, 5.74) is 2.08. The SMILES string of the molecule is c1cc2nc(C3CCCS3)[nH]c2cn1. The lowest BCUT2D eigenvalue weighted by Gasteiger charge is -2.01. The van der Waals surface area contributed by atoms with Gasteiger partial charge in [0.1, 0.15) is 5.82 Å². The highest BCUT2D eigenvalue weighted by Crippen LogP contribution is 2.38. The molecule has 0 saturated carbocycles. The number of thioether (sulfide) groups is 1. The van der Waals surface area contributed by atoms with Crippen molar-refractivity contribution < 1.29 is 0 Å². The summed E-state index contributed by atoms with van der Waals surface area (Å²) in [5.74, 6) is 2.38. The average molecular weight is 205 g/mol. The quantitative estimate of drug-likeness (QED) is 0.777. The first kappa shape index (κ1) is 8.29. The Hall–Kier alpha value is -1.03. The predicted octanol–water partition coefficient (Wildman–Crippen LogP) is 2.53. The minimum atomic E-state index is 0.572. The van der Waals surface area contributed by atoms with Gasteiger partial charge in [-0.25, -0.2) is 4.98 Å². The first-order valence-electron chi connectivity index (χ1n) is 4.85. The fourth-order valence-electron chi connectivity index (χ4n) is 1.82. The predicted molar refractivity (Wildman–Crippen MR) is 58.3 cm³/mol. The zero-order chi connectivity index (χ0) is 9.38. The zero-order valence-electron chi connectivity index (χ0n) is 7.73. The zero-order valence-corrected chi connectivity index (χ0v) is 8.55. The maximum absolute atomic E-state index is 4.58. The average Bonchev–Trinajstić information content (AvgIpc) is 2.86. The fraction of sp³-hybridized carbons (Fsp3) is 0.400. The second-order valence-electron chi connectivity index (χ2n) is 3.52. The van der Waals surface area contributed by atoms with Gasteiger partial charge >= 0.3 is 0 Å². The molecule has 14 heavy (non-hydrogen) atoms. The van der Waals surface area contributed by atoms with Crippen LogP contribution >= 0.6 is 11.8 Å². The maximum atomic E-state index is 4.58. The van der Waals surface area contributed by atoms with E-state index in [1.165, 1.54) is 18.6 Å². The summed E-state index contributed by atoms with van der Waals surface area (Å²) >= 11 is 2.00. The second kappa shape index (κ2) is 3.28. The lowest BCUT2D eigenvalue weighted by Crippen LogP contribution is -1.90. The number of nitrogens with zero attached hydrogens (tertiary/aromatic N) is 2. The van der Waals surface area contributed by atoms with Gasteiger partial charge < -0.3 is 4.98 Å². The standard InChI is InChI=1S/C10H11N3S/c1-2-9(14-5-1)10-12-7-3-4-11-6-8(7)13-10/h3-4,6,9H,1-2,5H2,(H,12,13). The van der Waals surface area contributed by atoms with E-state index in [0.717, 1.165) is 16.9 Å². The molecule has 0 radical (unpaired) electrons. The van der Waals surface area contributed by atoms with Gasteiger partial charge in [0.2, 0.25) is 0 Å². The molecular weight excluding hydrogens is 194 g/mol. The van der Waals surface area contributed by atoms with Crippen molar-refractivity contribution in [1.29, 1.82) is 0 Å². The van der Waals surface area contributed by atoms with Crippen LogP contribution in [0.3, 0.4) is 0 Å². The van der Waals surface area contributed by atoms with Gasteiger partial charge in [0.05, 0.1) is 22.5 Å². The van der Waals surface area contributed by atoms with Crippen molar-refractivity contribution in [2.24, 2.45) is 0 Å². The lowest BCUT2D eigenvalue weighted by molar-refractivity contribution is 0.793. The number of hydrogen-bond acceptors (Lipinski definition) is 3. The molecule has 0 aromatic carbocycles. The molecule has 1 aliphatic rings. The number of H-pyrrole nitrogens is 1. The van der Waals surface area contributed by atoms with Gasteiger partial charge in [0.15, 0.2) is 0 Å². The van der Waals surface area contributed by atoms with E-state index in [2.05, 4.69) is 15.0 Å². The minimum Gasteiger partial charge on any atom is -0.340 e. The molecule has 4 heteroatoms. The Balaban J connectivity index is 2.05. The number of nitrogens with one attached hydrogen (secondary N) is 1. The van der Waals surface area contributed by atoms with Crippen LogP contribution in [-0.4, -0.2) is 20.7 Å². The van der Waals surface area contributed by atoms with Crippen LogP contribution in [-0.2, 0) is 0 Å². The smallest absolute Gasteiger partial charge is 0.120 e. The Morgan fingerprint density at radius 3 is 3.29 bits per heavy atom. The third-order valence-electron chi connectivity index (χ3n) is 2.54. The number of fused-ring (bicyclic) bond motifs is 1. The van der Waals surface area contributed by atoms with Crippen molar-refractivity contribution >= 4 is 22.8 Å². The summed E-state index contributed by atoms with van der Waals surface area (Å²) in [5, 5.41) is 0.572. The van der Waals surface area contributed by atoms with Crippen molar-refractivity contribution in [1.82, 2.24) is 15.0 Å². The summed E-state index contributed by atoms with van der Waals surface area (Å²) in [4.78, 5) is 12.0. The van der Waals surface area contributed by atoms with Crippen LogP contribution in [0.1, 0.15) is 23.9 Å². The Kier molecular flexibility index (Phi) is 1.94. The summed E-state index contributed by atoms with van der Waals surface area (Å²) in [6.45, 7) is 0. The molecule has 2 aromatic rings. The Bertz CT molecular complexity index is 412. The van der Waals surface area contributed by atoms with Gasteiger partial charge in [-0.15, -0.1) is 0 Å². The first-order valence-corrected chi connectivity index (χ1v) is 5.89. The number of aromatic amines is 1. The highest BCUT2D eigenvalue weighted by Gasteiger charge is 2.20. The van der Waals surface area contributed by atoms with Crippen molar-refractivity contribution in [2.45, 2.75) is 18.1 Å². The number of imidazole rings is 1. The van der Waals surface area contributed by atoms with Crippen LogP contribution in [0.15, 0.2) is 18.5 Å². The summed E-state index contributed by atoms with van der Waals surface area (Å²) in [7, 11) is 0. The second-order valence-corrected chi connectivity index (χ2v) is 4.83. The first-order chi connectivity index (χ1) is 6.93. The van der Waals surface area contributed by atoms with Crippen LogP contribution in [0.5, 0.6) is 0 Å².